The molecule has 0 N–H and O–H groups in total. The highest BCUT2D eigenvalue weighted by molar-refractivity contribution is 5.93. The van der Waals surface area contributed by atoms with Crippen LogP contribution >= 0.6 is 0 Å². The van der Waals surface area contributed by atoms with Crippen molar-refractivity contribution in [2.24, 2.45) is 34.0 Å². The zero-order chi connectivity index (χ0) is 32.9. The van der Waals surface area contributed by atoms with Crippen molar-refractivity contribution in [3.05, 3.63) is 71.8 Å². The van der Waals surface area contributed by atoms with Crippen LogP contribution in [0.15, 0.2) is 60.7 Å². The summed E-state index contributed by atoms with van der Waals surface area (Å²) in [6.07, 6.45) is 4.97. The van der Waals surface area contributed by atoms with Crippen LogP contribution in [0.4, 0.5) is 0 Å². The fraction of sp³-hybridized carbons (Fsp3) is 0.553. The lowest BCUT2D eigenvalue weighted by molar-refractivity contribution is -0.232. The zero-order valence-corrected chi connectivity index (χ0v) is 27.6. The molecule has 6 rings (SSSR count). The highest BCUT2D eigenvalue weighted by Crippen LogP contribution is 2.73. The van der Waals surface area contributed by atoms with Crippen LogP contribution < -0.4 is 9.47 Å². The number of rotatable bonds is 8. The van der Waals surface area contributed by atoms with Crippen LogP contribution in [0.2, 0.25) is 0 Å². The molecule has 2 aromatic carbocycles. The highest BCUT2D eigenvalue weighted by Gasteiger charge is 2.70. The average Bonchev–Trinajstić information content (AvgIpc) is 3.30. The number of allylic oxidation sites excluding steroid dienone is 1. The maximum atomic E-state index is 13.9. The molecule has 8 heteroatoms. The molecule has 0 unspecified atom stereocenters. The van der Waals surface area contributed by atoms with Crippen LogP contribution in [0, 0.1) is 34.0 Å². The summed E-state index contributed by atoms with van der Waals surface area (Å²) in [7, 11) is 3.08. The second kappa shape index (κ2) is 12.1. The van der Waals surface area contributed by atoms with Gasteiger partial charge in [0, 0.05) is 17.8 Å². The maximum absolute atomic E-state index is 13.9. The molecule has 8 atom stereocenters. The predicted octanol–water partition coefficient (Wildman–Crippen LogP) is 7.21. The van der Waals surface area contributed by atoms with Gasteiger partial charge in [-0.1, -0.05) is 50.3 Å². The number of hydrogen-bond acceptors (Lipinski definition) is 8. The Balaban J connectivity index is 1.39. The van der Waals surface area contributed by atoms with E-state index >= 15 is 0 Å². The lowest BCUT2D eigenvalue weighted by Gasteiger charge is -2.66. The molecular weight excluding hydrogens is 584 g/mol. The number of ether oxygens (including phenoxy) is 5. The predicted molar refractivity (Wildman–Crippen MR) is 172 cm³/mol. The van der Waals surface area contributed by atoms with Gasteiger partial charge in [0.05, 0.1) is 14.2 Å². The van der Waals surface area contributed by atoms with Gasteiger partial charge in [-0.3, -0.25) is 4.79 Å². The first-order chi connectivity index (χ1) is 22.0. The van der Waals surface area contributed by atoms with Gasteiger partial charge >= 0.3 is 17.9 Å². The third-order valence-corrected chi connectivity index (χ3v) is 12.2. The van der Waals surface area contributed by atoms with Crippen LogP contribution in [0.3, 0.4) is 0 Å². The van der Waals surface area contributed by atoms with Crippen LogP contribution in [0.5, 0.6) is 11.5 Å². The maximum Gasteiger partial charge on any atom is 0.342 e. The van der Waals surface area contributed by atoms with Gasteiger partial charge in [0.25, 0.3) is 0 Å². The second-order valence-corrected chi connectivity index (χ2v) is 14.4. The van der Waals surface area contributed by atoms with Gasteiger partial charge in [-0.05, 0) is 92.4 Å². The van der Waals surface area contributed by atoms with E-state index in [0.717, 1.165) is 32.1 Å². The lowest BCUT2D eigenvalue weighted by atomic mass is 9.40. The van der Waals surface area contributed by atoms with E-state index < -0.39 is 29.6 Å². The molecule has 0 amide bonds. The Morgan fingerprint density at radius 2 is 1.41 bits per heavy atom. The number of para-hydroxylation sites is 2. The topological polar surface area (TPSA) is 97.4 Å². The molecule has 0 aliphatic heterocycles. The van der Waals surface area contributed by atoms with Gasteiger partial charge in [0.1, 0.15) is 41.4 Å². The van der Waals surface area contributed by atoms with Crippen molar-refractivity contribution < 1.29 is 38.1 Å². The fourth-order valence-electron chi connectivity index (χ4n) is 10.1. The first-order valence-electron chi connectivity index (χ1n) is 16.5. The van der Waals surface area contributed by atoms with E-state index in [4.69, 9.17) is 23.7 Å². The third-order valence-electron chi connectivity index (χ3n) is 12.2. The molecule has 4 saturated carbocycles. The largest absolute Gasteiger partial charge is 0.496 e. The summed E-state index contributed by atoms with van der Waals surface area (Å²) in [4.78, 5) is 39.8. The fourth-order valence-corrected chi connectivity index (χ4v) is 10.1. The molecule has 0 radical (unpaired) electrons. The molecule has 4 aliphatic rings. The summed E-state index contributed by atoms with van der Waals surface area (Å²) >= 11 is 0. The smallest absolute Gasteiger partial charge is 0.342 e. The summed E-state index contributed by atoms with van der Waals surface area (Å²) in [6, 6.07) is 14.2. The van der Waals surface area contributed by atoms with Crippen LogP contribution in [-0.2, 0) is 19.0 Å². The number of carbonyl (C=O) groups is 3. The van der Waals surface area contributed by atoms with Crippen molar-refractivity contribution in [3.8, 4) is 11.5 Å². The first-order valence-corrected chi connectivity index (χ1v) is 16.5. The molecule has 4 aliphatic carbocycles. The van der Waals surface area contributed by atoms with Crippen LogP contribution in [0.1, 0.15) is 86.4 Å². The number of hydrogen-bond donors (Lipinski definition) is 0. The van der Waals surface area contributed by atoms with Crippen LogP contribution in [-0.4, -0.2) is 50.9 Å². The van der Waals surface area contributed by atoms with Gasteiger partial charge in [-0.15, -0.1) is 0 Å². The Kier molecular flexibility index (Phi) is 8.45. The Labute approximate surface area is 271 Å². The summed E-state index contributed by atoms with van der Waals surface area (Å²) in [5, 5.41) is 0. The molecule has 8 nitrogen and oxygen atoms in total. The Morgan fingerprint density at radius 1 is 0.826 bits per heavy atom. The van der Waals surface area contributed by atoms with E-state index in [2.05, 4.69) is 20.4 Å². The molecule has 4 fully saturated rings. The molecular formula is C38H46O8. The van der Waals surface area contributed by atoms with Gasteiger partial charge in [-0.25, -0.2) is 9.59 Å². The molecule has 1 spiro atoms. The van der Waals surface area contributed by atoms with Crippen molar-refractivity contribution in [3.63, 3.8) is 0 Å². The number of methoxy groups -OCH3 is 2. The van der Waals surface area contributed by atoms with E-state index in [-0.39, 0.29) is 35.2 Å². The van der Waals surface area contributed by atoms with E-state index in [0.29, 0.717) is 41.4 Å². The van der Waals surface area contributed by atoms with Gasteiger partial charge in [0.15, 0.2) is 0 Å². The Morgan fingerprint density at radius 3 is 2.00 bits per heavy atom. The third kappa shape index (κ3) is 5.18. The molecule has 0 saturated heterocycles. The van der Waals surface area contributed by atoms with Gasteiger partial charge < -0.3 is 23.7 Å². The van der Waals surface area contributed by atoms with Gasteiger partial charge in [0.2, 0.25) is 0 Å². The van der Waals surface area contributed by atoms with E-state index in [1.165, 1.54) is 19.6 Å². The van der Waals surface area contributed by atoms with Crippen molar-refractivity contribution >= 4 is 17.9 Å². The van der Waals surface area contributed by atoms with Crippen molar-refractivity contribution in [1.29, 1.82) is 0 Å². The zero-order valence-electron chi connectivity index (χ0n) is 27.6. The summed E-state index contributed by atoms with van der Waals surface area (Å²) in [5.41, 5.74) is 0.870. The minimum atomic E-state index is -0.737. The number of carbonyl (C=O) groups excluding carboxylic acids is 3. The monoisotopic (exact) mass is 630 g/mol. The number of esters is 3. The van der Waals surface area contributed by atoms with Gasteiger partial charge in [-0.2, -0.15) is 0 Å². The van der Waals surface area contributed by atoms with Crippen LogP contribution in [0.25, 0.3) is 0 Å². The SMILES string of the molecule is C=C1C[C@@]23C[C@@H]1CC[C@H]2[C@]1(C)CC[C@@H](OC(=O)c2ccccc2OC)[C@](C)(COC(C)=O)[C@@H]1C[C@@H]3OC(=O)c1ccccc1OC. The minimum Gasteiger partial charge on any atom is -0.496 e. The number of fused-ring (bicyclic) bond motifs is 3. The van der Waals surface area contributed by atoms with Crippen molar-refractivity contribution in [2.45, 2.75) is 77.9 Å². The average molecular weight is 631 g/mol. The molecule has 2 bridgehead atoms. The molecule has 46 heavy (non-hydrogen) atoms. The second-order valence-electron chi connectivity index (χ2n) is 14.4. The Bertz CT molecular complexity index is 1530. The van der Waals surface area contributed by atoms with E-state index in [1.807, 2.05) is 18.2 Å². The first kappa shape index (κ1) is 32.1. The molecule has 2 aromatic rings. The summed E-state index contributed by atoms with van der Waals surface area (Å²) in [5.74, 6) is 0.259. The van der Waals surface area contributed by atoms with Crippen molar-refractivity contribution in [1.82, 2.24) is 0 Å². The quantitative estimate of drug-likeness (QED) is 0.172. The standard InChI is InChI=1S/C38H46O8/c1-23-20-38-21-25(23)15-16-30(38)36(3)18-17-32(45-34(40)26-11-7-9-13-28(26)42-5)37(4,22-44-24(2)39)31(36)19-33(38)46-35(41)27-12-8-10-14-29(27)43-6/h7-14,25,30-33H,1,15-22H2,2-6H3/t25-,30-,31+,32+,33-,36-,37+,38+/m0/s1. The summed E-state index contributed by atoms with van der Waals surface area (Å²) in [6.45, 7) is 10.4. The molecule has 0 heterocycles. The summed E-state index contributed by atoms with van der Waals surface area (Å²) < 4.78 is 29.7. The highest BCUT2D eigenvalue weighted by atomic mass is 16.6. The van der Waals surface area contributed by atoms with Crippen molar-refractivity contribution in [2.75, 3.05) is 20.8 Å². The van der Waals surface area contributed by atoms with E-state index in [9.17, 15) is 14.4 Å². The minimum absolute atomic E-state index is 0.0694. The molecule has 0 aromatic heterocycles. The Hall–Kier alpha value is -3.81. The molecule has 246 valence electrons. The normalized spacial score (nSPS) is 34.5. The van der Waals surface area contributed by atoms with E-state index in [1.54, 1.807) is 37.4 Å². The number of benzene rings is 2. The lowest BCUT2D eigenvalue weighted by Crippen LogP contribution is -2.66.